The molecule has 7 nitrogen and oxygen atoms in total. The van der Waals surface area contributed by atoms with Crippen LogP contribution in [0.25, 0.3) is 0 Å². The Labute approximate surface area is 168 Å². The molecule has 0 radical (unpaired) electrons. The quantitative estimate of drug-likeness (QED) is 0.716. The molecule has 154 valence electrons. The van der Waals surface area contributed by atoms with Crippen molar-refractivity contribution in [2.24, 2.45) is 0 Å². The van der Waals surface area contributed by atoms with Crippen molar-refractivity contribution in [1.82, 2.24) is 4.90 Å². The lowest BCUT2D eigenvalue weighted by Gasteiger charge is -2.30. The number of nitrogens with one attached hydrogen (secondary N) is 1. The fourth-order valence-electron chi connectivity index (χ4n) is 3.14. The molecule has 3 rings (SSSR count). The molecule has 1 fully saturated rings. The fourth-order valence-corrected chi connectivity index (χ4v) is 3.14. The number of methoxy groups -OCH3 is 1. The van der Waals surface area contributed by atoms with Gasteiger partial charge in [0.05, 0.1) is 12.7 Å². The molecule has 1 saturated heterocycles. The van der Waals surface area contributed by atoms with Crippen molar-refractivity contribution in [1.29, 1.82) is 0 Å². The van der Waals surface area contributed by atoms with Crippen LogP contribution in [0, 0.1) is 5.82 Å². The van der Waals surface area contributed by atoms with E-state index in [0.29, 0.717) is 37.2 Å². The largest absolute Gasteiger partial charge is 0.490 e. The summed E-state index contributed by atoms with van der Waals surface area (Å²) in [5.41, 5.74) is 1.40. The predicted octanol–water partition coefficient (Wildman–Crippen LogP) is 3.75. The fraction of sp³-hybridized carbons (Fsp3) is 0.333. The summed E-state index contributed by atoms with van der Waals surface area (Å²) in [6, 6.07) is 11.6. The lowest BCUT2D eigenvalue weighted by Crippen LogP contribution is -2.41. The molecule has 1 aliphatic rings. The van der Waals surface area contributed by atoms with Crippen molar-refractivity contribution in [3.8, 4) is 5.75 Å². The number of anilines is 1. The van der Waals surface area contributed by atoms with Crippen molar-refractivity contribution >= 4 is 17.7 Å². The number of carbonyl (C=O) groups excluding carboxylic acids is 1. The van der Waals surface area contributed by atoms with Crippen LogP contribution in [0.2, 0.25) is 0 Å². The van der Waals surface area contributed by atoms with E-state index in [9.17, 15) is 14.0 Å². The van der Waals surface area contributed by atoms with Crippen LogP contribution in [0.5, 0.6) is 5.75 Å². The SMILES string of the molecule is COC(=O)c1ccc(CNc2ccc(OC3CCN(C(=O)O)CC3)cc2)c(F)c1. The van der Waals surface area contributed by atoms with Gasteiger partial charge in [-0.1, -0.05) is 6.07 Å². The van der Waals surface area contributed by atoms with E-state index in [2.05, 4.69) is 10.1 Å². The minimum absolute atomic E-state index is 0.00756. The van der Waals surface area contributed by atoms with Gasteiger partial charge in [-0.05, 0) is 36.4 Å². The first-order valence-corrected chi connectivity index (χ1v) is 9.31. The summed E-state index contributed by atoms with van der Waals surface area (Å²) in [4.78, 5) is 23.8. The number of amides is 1. The Morgan fingerprint density at radius 2 is 1.86 bits per heavy atom. The lowest BCUT2D eigenvalue weighted by atomic mass is 10.1. The number of hydrogen-bond acceptors (Lipinski definition) is 5. The van der Waals surface area contributed by atoms with Gasteiger partial charge in [0, 0.05) is 43.7 Å². The third-order valence-corrected chi connectivity index (χ3v) is 4.83. The van der Waals surface area contributed by atoms with Gasteiger partial charge in [0.25, 0.3) is 0 Å². The van der Waals surface area contributed by atoms with E-state index >= 15 is 0 Å². The number of carboxylic acid groups (broad SMARTS) is 1. The van der Waals surface area contributed by atoms with E-state index in [1.54, 1.807) is 6.07 Å². The number of likely N-dealkylation sites (tertiary alicyclic amines) is 1. The van der Waals surface area contributed by atoms with E-state index in [1.807, 2.05) is 24.3 Å². The number of halogens is 1. The Kier molecular flexibility index (Phi) is 6.54. The maximum atomic E-state index is 14.1. The van der Waals surface area contributed by atoms with Gasteiger partial charge in [-0.25, -0.2) is 14.0 Å². The molecular weight excluding hydrogens is 379 g/mol. The first-order valence-electron chi connectivity index (χ1n) is 9.31. The standard InChI is InChI=1S/C21H23FN2O5/c1-28-20(25)14-2-3-15(19(22)12-14)13-23-16-4-6-17(7-5-16)29-18-8-10-24(11-9-18)21(26)27/h2-7,12,18,23H,8-11,13H2,1H3,(H,26,27). The maximum Gasteiger partial charge on any atom is 0.407 e. The average molecular weight is 402 g/mol. The van der Waals surface area contributed by atoms with Crippen molar-refractivity contribution in [2.75, 3.05) is 25.5 Å². The molecule has 0 aromatic heterocycles. The number of hydrogen-bond donors (Lipinski definition) is 2. The molecule has 8 heteroatoms. The van der Waals surface area contributed by atoms with Gasteiger partial charge in [0.2, 0.25) is 0 Å². The second-order valence-corrected chi connectivity index (χ2v) is 6.76. The molecule has 29 heavy (non-hydrogen) atoms. The summed E-state index contributed by atoms with van der Waals surface area (Å²) in [6.07, 6.45) is 0.419. The van der Waals surface area contributed by atoms with Crippen molar-refractivity contribution in [3.05, 3.63) is 59.4 Å². The highest BCUT2D eigenvalue weighted by molar-refractivity contribution is 5.89. The number of benzene rings is 2. The normalized spacial score (nSPS) is 14.3. The molecule has 2 aromatic rings. The van der Waals surface area contributed by atoms with Crippen molar-refractivity contribution in [2.45, 2.75) is 25.5 Å². The second-order valence-electron chi connectivity index (χ2n) is 6.76. The average Bonchev–Trinajstić information content (AvgIpc) is 2.73. The number of piperidine rings is 1. The second kappa shape index (κ2) is 9.27. The number of nitrogens with zero attached hydrogens (tertiary/aromatic N) is 1. The van der Waals surface area contributed by atoms with Crippen LogP contribution < -0.4 is 10.1 Å². The smallest absolute Gasteiger partial charge is 0.407 e. The predicted molar refractivity (Wildman–Crippen MR) is 105 cm³/mol. The van der Waals surface area contributed by atoms with Gasteiger partial charge in [-0.2, -0.15) is 0 Å². The molecular formula is C21H23FN2O5. The highest BCUT2D eigenvalue weighted by atomic mass is 19.1. The van der Waals surface area contributed by atoms with E-state index in [0.717, 1.165) is 11.8 Å². The maximum absolute atomic E-state index is 14.1. The highest BCUT2D eigenvalue weighted by Crippen LogP contribution is 2.22. The molecule has 1 heterocycles. The Balaban J connectivity index is 1.51. The summed E-state index contributed by atoms with van der Waals surface area (Å²) < 4.78 is 24.6. The zero-order valence-electron chi connectivity index (χ0n) is 16.1. The molecule has 1 aliphatic heterocycles. The van der Waals surface area contributed by atoms with E-state index in [4.69, 9.17) is 9.84 Å². The molecule has 1 amide bonds. The number of ether oxygens (including phenoxy) is 2. The molecule has 2 N–H and O–H groups in total. The van der Waals surface area contributed by atoms with Gasteiger partial charge in [0.1, 0.15) is 17.7 Å². The van der Waals surface area contributed by atoms with Gasteiger partial charge < -0.3 is 24.8 Å². The van der Waals surface area contributed by atoms with Gasteiger partial charge >= 0.3 is 12.1 Å². The monoisotopic (exact) mass is 402 g/mol. The molecule has 0 saturated carbocycles. The van der Waals surface area contributed by atoms with Gasteiger partial charge in [0.15, 0.2) is 0 Å². The van der Waals surface area contributed by atoms with Crippen LogP contribution >= 0.6 is 0 Å². The Morgan fingerprint density at radius 1 is 1.17 bits per heavy atom. The third kappa shape index (κ3) is 5.37. The Hall–Kier alpha value is -3.29. The molecule has 0 atom stereocenters. The summed E-state index contributed by atoms with van der Waals surface area (Å²) in [6.45, 7) is 1.21. The highest BCUT2D eigenvalue weighted by Gasteiger charge is 2.23. The lowest BCUT2D eigenvalue weighted by molar-refractivity contribution is 0.0600. The summed E-state index contributed by atoms with van der Waals surface area (Å²) in [5, 5.41) is 12.1. The van der Waals surface area contributed by atoms with Crippen LogP contribution in [0.15, 0.2) is 42.5 Å². The number of carbonyl (C=O) groups is 2. The van der Waals surface area contributed by atoms with Crippen molar-refractivity contribution in [3.63, 3.8) is 0 Å². The van der Waals surface area contributed by atoms with E-state index in [-0.39, 0.29) is 18.2 Å². The third-order valence-electron chi connectivity index (χ3n) is 4.83. The van der Waals surface area contributed by atoms with Gasteiger partial charge in [-0.15, -0.1) is 0 Å². The Morgan fingerprint density at radius 3 is 2.45 bits per heavy atom. The first-order chi connectivity index (χ1) is 14.0. The summed E-state index contributed by atoms with van der Waals surface area (Å²) in [5.74, 6) is -0.348. The molecule has 0 bridgehead atoms. The molecule has 0 unspecified atom stereocenters. The minimum Gasteiger partial charge on any atom is -0.490 e. The van der Waals surface area contributed by atoms with E-state index in [1.165, 1.54) is 18.1 Å². The topological polar surface area (TPSA) is 88.1 Å². The van der Waals surface area contributed by atoms with E-state index < -0.39 is 17.9 Å². The van der Waals surface area contributed by atoms with Crippen LogP contribution in [0.4, 0.5) is 14.9 Å². The van der Waals surface area contributed by atoms with Crippen molar-refractivity contribution < 1.29 is 28.6 Å². The minimum atomic E-state index is -0.893. The summed E-state index contributed by atoms with van der Waals surface area (Å²) in [7, 11) is 1.25. The molecule has 0 spiro atoms. The van der Waals surface area contributed by atoms with Gasteiger partial charge in [-0.3, -0.25) is 0 Å². The first kappa shape index (κ1) is 20.4. The summed E-state index contributed by atoms with van der Waals surface area (Å²) >= 11 is 0. The van der Waals surface area contributed by atoms with Crippen LogP contribution in [0.3, 0.4) is 0 Å². The Bertz CT molecular complexity index is 864. The zero-order valence-corrected chi connectivity index (χ0v) is 16.1. The number of rotatable bonds is 6. The zero-order chi connectivity index (χ0) is 20.8. The van der Waals surface area contributed by atoms with Crippen LogP contribution in [0.1, 0.15) is 28.8 Å². The van der Waals surface area contributed by atoms with Crippen LogP contribution in [-0.2, 0) is 11.3 Å². The molecule has 2 aromatic carbocycles. The number of esters is 1. The molecule has 0 aliphatic carbocycles. The van der Waals surface area contributed by atoms with Crippen LogP contribution in [-0.4, -0.2) is 48.4 Å².